The van der Waals surface area contributed by atoms with E-state index in [1.54, 1.807) is 24.8 Å². The van der Waals surface area contributed by atoms with Crippen LogP contribution in [0.5, 0.6) is 0 Å². The van der Waals surface area contributed by atoms with E-state index in [0.29, 0.717) is 11.1 Å². The second-order valence-corrected chi connectivity index (χ2v) is 4.50. The number of hydrogen-bond donors (Lipinski definition) is 1. The highest BCUT2D eigenvalue weighted by atomic mass is 32.2. The molecule has 0 aliphatic heterocycles. The van der Waals surface area contributed by atoms with Gasteiger partial charge < -0.3 is 5.32 Å². The number of benzene rings is 1. The van der Waals surface area contributed by atoms with Gasteiger partial charge in [-0.25, -0.2) is 4.39 Å². The minimum absolute atomic E-state index is 0.327. The molecule has 0 spiro atoms. The molecule has 4 heteroatoms. The van der Waals surface area contributed by atoms with Gasteiger partial charge in [0, 0.05) is 17.8 Å². The molecule has 1 rings (SSSR count). The molecule has 0 radical (unpaired) electrons. The Hall–Kier alpha value is -1.21. The molecule has 0 aliphatic rings. The van der Waals surface area contributed by atoms with E-state index in [9.17, 15) is 4.39 Å². The van der Waals surface area contributed by atoms with Crippen molar-refractivity contribution in [1.82, 2.24) is 0 Å². The van der Waals surface area contributed by atoms with Crippen LogP contribution in [0.4, 0.5) is 10.1 Å². The third-order valence-corrected chi connectivity index (χ3v) is 3.01. The maximum Gasteiger partial charge on any atom is 0.129 e. The van der Waals surface area contributed by atoms with E-state index in [1.807, 2.05) is 6.07 Å². The lowest BCUT2D eigenvalue weighted by atomic mass is 10.1. The van der Waals surface area contributed by atoms with Crippen LogP contribution in [0.2, 0.25) is 0 Å². The molecular weight excluding hydrogens is 223 g/mol. The Kier molecular flexibility index (Phi) is 5.13. The minimum Gasteiger partial charge on any atom is -0.385 e. The van der Waals surface area contributed by atoms with Crippen molar-refractivity contribution < 1.29 is 4.39 Å². The third-order valence-electron chi connectivity index (χ3n) is 2.31. The van der Waals surface area contributed by atoms with Gasteiger partial charge in [0.2, 0.25) is 0 Å². The lowest BCUT2D eigenvalue weighted by molar-refractivity contribution is 0.618. The molecule has 0 atom stereocenters. The van der Waals surface area contributed by atoms with E-state index < -0.39 is 0 Å². The van der Waals surface area contributed by atoms with Crippen LogP contribution in [0, 0.1) is 24.1 Å². The summed E-state index contributed by atoms with van der Waals surface area (Å²) in [6.45, 7) is 2.52. The molecule has 0 saturated carbocycles. The van der Waals surface area contributed by atoms with Crippen molar-refractivity contribution in [1.29, 1.82) is 5.26 Å². The highest BCUT2D eigenvalue weighted by molar-refractivity contribution is 7.98. The molecule has 0 aromatic heterocycles. The Morgan fingerprint density at radius 1 is 1.50 bits per heavy atom. The second kappa shape index (κ2) is 6.39. The Bertz CT molecular complexity index is 399. The van der Waals surface area contributed by atoms with Gasteiger partial charge in [0.15, 0.2) is 0 Å². The first-order valence-electron chi connectivity index (χ1n) is 5.12. The van der Waals surface area contributed by atoms with Crippen LogP contribution in [0.25, 0.3) is 0 Å². The van der Waals surface area contributed by atoms with Crippen LogP contribution in [0.15, 0.2) is 12.1 Å². The zero-order valence-electron chi connectivity index (χ0n) is 9.51. The summed E-state index contributed by atoms with van der Waals surface area (Å²) >= 11 is 1.79. The van der Waals surface area contributed by atoms with E-state index in [2.05, 4.69) is 11.6 Å². The van der Waals surface area contributed by atoms with E-state index >= 15 is 0 Å². The highest BCUT2D eigenvalue weighted by Gasteiger charge is 2.06. The van der Waals surface area contributed by atoms with Crippen molar-refractivity contribution in [3.63, 3.8) is 0 Å². The standard InChI is InChI=1S/C12H15FN2S/c1-9-11(13)6-10(8-14)7-12(9)15-4-3-5-16-2/h6-7,15H,3-5H2,1-2H3. The predicted octanol–water partition coefficient (Wildman–Crippen LogP) is 3.17. The molecule has 1 N–H and O–H groups in total. The zero-order valence-corrected chi connectivity index (χ0v) is 10.3. The lowest BCUT2D eigenvalue weighted by Gasteiger charge is -2.10. The quantitative estimate of drug-likeness (QED) is 0.800. The van der Waals surface area contributed by atoms with E-state index in [4.69, 9.17) is 5.26 Å². The van der Waals surface area contributed by atoms with E-state index in [0.717, 1.165) is 24.4 Å². The van der Waals surface area contributed by atoms with Gasteiger partial charge >= 0.3 is 0 Å². The summed E-state index contributed by atoms with van der Waals surface area (Å²) in [5.74, 6) is 0.748. The van der Waals surface area contributed by atoms with Crippen molar-refractivity contribution in [2.75, 3.05) is 23.9 Å². The molecule has 0 fully saturated rings. The maximum atomic E-state index is 13.4. The number of thioether (sulfide) groups is 1. The fourth-order valence-electron chi connectivity index (χ4n) is 1.37. The van der Waals surface area contributed by atoms with Crippen LogP contribution in [0.3, 0.4) is 0 Å². The number of anilines is 1. The molecule has 0 saturated heterocycles. The number of rotatable bonds is 5. The third kappa shape index (κ3) is 3.42. The first-order valence-corrected chi connectivity index (χ1v) is 6.51. The maximum absolute atomic E-state index is 13.4. The Labute approximate surface area is 99.9 Å². The van der Waals surface area contributed by atoms with Gasteiger partial charge in [-0.3, -0.25) is 0 Å². The molecule has 1 aromatic carbocycles. The molecule has 16 heavy (non-hydrogen) atoms. The molecule has 0 unspecified atom stereocenters. The monoisotopic (exact) mass is 238 g/mol. The fraction of sp³-hybridized carbons (Fsp3) is 0.417. The van der Waals surface area contributed by atoms with Crippen molar-refractivity contribution in [3.8, 4) is 6.07 Å². The van der Waals surface area contributed by atoms with Gasteiger partial charge in [0.05, 0.1) is 11.6 Å². The van der Waals surface area contributed by atoms with Crippen LogP contribution >= 0.6 is 11.8 Å². The molecular formula is C12H15FN2S. The molecule has 0 aliphatic carbocycles. The molecule has 2 nitrogen and oxygen atoms in total. The number of nitrogens with zero attached hydrogens (tertiary/aromatic N) is 1. The summed E-state index contributed by atoms with van der Waals surface area (Å²) in [7, 11) is 0. The Balaban J connectivity index is 2.71. The van der Waals surface area contributed by atoms with E-state index in [1.165, 1.54) is 6.07 Å². The SMILES string of the molecule is CSCCCNc1cc(C#N)cc(F)c1C. The van der Waals surface area contributed by atoms with Gasteiger partial charge in [-0.05, 0) is 37.5 Å². The molecule has 0 bridgehead atoms. The summed E-state index contributed by atoms with van der Waals surface area (Å²) in [6.07, 6.45) is 3.08. The lowest BCUT2D eigenvalue weighted by Crippen LogP contribution is -2.05. The number of hydrogen-bond acceptors (Lipinski definition) is 3. The second-order valence-electron chi connectivity index (χ2n) is 3.52. The normalized spacial score (nSPS) is 9.88. The summed E-state index contributed by atoms with van der Waals surface area (Å²) in [6, 6.07) is 4.91. The van der Waals surface area contributed by atoms with E-state index in [-0.39, 0.29) is 5.82 Å². The topological polar surface area (TPSA) is 35.8 Å². The van der Waals surface area contributed by atoms with Gasteiger partial charge in [0.1, 0.15) is 5.82 Å². The summed E-state index contributed by atoms with van der Waals surface area (Å²) in [5.41, 5.74) is 1.65. The van der Waals surface area contributed by atoms with Crippen molar-refractivity contribution in [2.24, 2.45) is 0 Å². The van der Waals surface area contributed by atoms with Crippen LogP contribution in [0.1, 0.15) is 17.5 Å². The summed E-state index contributed by atoms with van der Waals surface area (Å²) in [4.78, 5) is 0. The number of nitriles is 1. The smallest absolute Gasteiger partial charge is 0.129 e. The fourth-order valence-corrected chi connectivity index (χ4v) is 1.80. The molecule has 86 valence electrons. The summed E-state index contributed by atoms with van der Waals surface area (Å²) in [5, 5.41) is 11.9. The van der Waals surface area contributed by atoms with Crippen molar-refractivity contribution in [2.45, 2.75) is 13.3 Å². The van der Waals surface area contributed by atoms with Crippen molar-refractivity contribution in [3.05, 3.63) is 29.1 Å². The van der Waals surface area contributed by atoms with Crippen LogP contribution in [-0.4, -0.2) is 18.6 Å². The van der Waals surface area contributed by atoms with Crippen molar-refractivity contribution >= 4 is 17.4 Å². The summed E-state index contributed by atoms with van der Waals surface area (Å²) < 4.78 is 13.4. The Morgan fingerprint density at radius 2 is 2.25 bits per heavy atom. The minimum atomic E-state index is -0.327. The molecule has 1 aromatic rings. The van der Waals surface area contributed by atoms with Gasteiger partial charge in [0.25, 0.3) is 0 Å². The highest BCUT2D eigenvalue weighted by Crippen LogP contribution is 2.20. The van der Waals surface area contributed by atoms with Crippen LogP contribution < -0.4 is 5.32 Å². The zero-order chi connectivity index (χ0) is 12.0. The first-order chi connectivity index (χ1) is 7.69. The Morgan fingerprint density at radius 3 is 2.88 bits per heavy atom. The van der Waals surface area contributed by atoms with Crippen LogP contribution in [-0.2, 0) is 0 Å². The van der Waals surface area contributed by atoms with Gasteiger partial charge in [-0.1, -0.05) is 0 Å². The first kappa shape index (κ1) is 12.9. The van der Waals surface area contributed by atoms with Gasteiger partial charge in [-0.2, -0.15) is 17.0 Å². The number of halogens is 1. The van der Waals surface area contributed by atoms with Gasteiger partial charge in [-0.15, -0.1) is 0 Å². The average molecular weight is 238 g/mol. The molecule has 0 amide bonds. The largest absolute Gasteiger partial charge is 0.385 e. The average Bonchev–Trinajstić information content (AvgIpc) is 2.29. The predicted molar refractivity (Wildman–Crippen MR) is 67.3 cm³/mol. The molecule has 0 heterocycles. The number of nitrogens with one attached hydrogen (secondary N) is 1.